The van der Waals surface area contributed by atoms with Gasteiger partial charge in [-0.15, -0.1) is 11.3 Å². The number of fused-ring (bicyclic) bond motifs is 4. The van der Waals surface area contributed by atoms with Gasteiger partial charge in [0.2, 0.25) is 0 Å². The van der Waals surface area contributed by atoms with Gasteiger partial charge < -0.3 is 19.9 Å². The number of hydrogen-bond donors (Lipinski definition) is 1. The number of nitrogens with one attached hydrogen (secondary N) is 1. The second-order valence-corrected chi connectivity index (χ2v) is 8.75. The van der Waals surface area contributed by atoms with Crippen molar-refractivity contribution in [3.8, 4) is 0 Å². The molecular weight excluding hydrogens is 376 g/mol. The van der Waals surface area contributed by atoms with E-state index in [9.17, 15) is 9.59 Å². The first-order valence-electron chi connectivity index (χ1n) is 9.96. The van der Waals surface area contributed by atoms with E-state index in [1.54, 1.807) is 12.3 Å². The van der Waals surface area contributed by atoms with E-state index >= 15 is 0 Å². The molecule has 2 amide bonds. The fourth-order valence-electron chi connectivity index (χ4n) is 4.53. The highest BCUT2D eigenvalue weighted by Crippen LogP contribution is 2.29. The quantitative estimate of drug-likeness (QED) is 0.847. The summed E-state index contributed by atoms with van der Waals surface area (Å²) in [5.41, 5.74) is 1.04. The van der Waals surface area contributed by atoms with Crippen LogP contribution in [0.15, 0.2) is 17.6 Å². The van der Waals surface area contributed by atoms with E-state index in [4.69, 9.17) is 4.74 Å². The van der Waals surface area contributed by atoms with Crippen molar-refractivity contribution in [3.05, 3.63) is 28.9 Å². The topological polar surface area (TPSA) is 74.8 Å². The molecule has 28 heavy (non-hydrogen) atoms. The molecule has 1 N–H and O–H groups in total. The molecule has 0 aliphatic carbocycles. The van der Waals surface area contributed by atoms with E-state index in [-0.39, 0.29) is 17.9 Å². The number of carbonyl (C=O) groups is 2. The maximum atomic E-state index is 12.9. The van der Waals surface area contributed by atoms with Crippen LogP contribution in [0.5, 0.6) is 0 Å². The number of carbonyl (C=O) groups excluding carboxylic acids is 2. The molecule has 7 nitrogen and oxygen atoms in total. The fourth-order valence-corrected chi connectivity index (χ4v) is 5.41. The Kier molecular flexibility index (Phi) is 4.78. The van der Waals surface area contributed by atoms with Gasteiger partial charge in [0.05, 0.1) is 23.5 Å². The van der Waals surface area contributed by atoms with Crippen LogP contribution in [0, 0.1) is 5.92 Å². The average molecular weight is 401 g/mol. The third-order valence-corrected chi connectivity index (χ3v) is 7.13. The summed E-state index contributed by atoms with van der Waals surface area (Å²) in [6.45, 7) is 5.57. The van der Waals surface area contributed by atoms with E-state index in [0.29, 0.717) is 43.5 Å². The summed E-state index contributed by atoms with van der Waals surface area (Å²) < 4.78 is 6.27. The Bertz CT molecular complexity index is 900. The maximum absolute atomic E-state index is 12.9. The van der Waals surface area contributed by atoms with Gasteiger partial charge in [-0.2, -0.15) is 0 Å². The first-order chi connectivity index (χ1) is 13.7. The monoisotopic (exact) mass is 400 g/mol. The summed E-state index contributed by atoms with van der Waals surface area (Å²) in [5, 5.41) is 5.87. The molecule has 6 rings (SSSR count). The van der Waals surface area contributed by atoms with Crippen molar-refractivity contribution in [2.24, 2.45) is 5.92 Å². The second-order valence-electron chi connectivity index (χ2n) is 7.84. The van der Waals surface area contributed by atoms with Crippen molar-refractivity contribution in [3.63, 3.8) is 0 Å². The number of rotatable bonds is 3. The number of hydrogen-bond acceptors (Lipinski definition) is 6. The molecule has 0 spiro atoms. The number of pyridine rings is 1. The summed E-state index contributed by atoms with van der Waals surface area (Å²) in [5.74, 6) is 0.429. The Morgan fingerprint density at radius 1 is 1.18 bits per heavy atom. The summed E-state index contributed by atoms with van der Waals surface area (Å²) >= 11 is 1.49. The molecule has 0 radical (unpaired) electrons. The first-order valence-corrected chi connectivity index (χ1v) is 10.8. The van der Waals surface area contributed by atoms with Crippen molar-refractivity contribution >= 4 is 33.2 Å². The van der Waals surface area contributed by atoms with Gasteiger partial charge in [-0.05, 0) is 37.9 Å². The maximum Gasteiger partial charge on any atom is 0.270 e. The number of ether oxygens (including phenoxy) is 1. The second kappa shape index (κ2) is 7.42. The lowest BCUT2D eigenvalue weighted by molar-refractivity contribution is 0.0304. The van der Waals surface area contributed by atoms with Crippen LogP contribution in [0.3, 0.4) is 0 Å². The van der Waals surface area contributed by atoms with Crippen LogP contribution in [-0.2, 0) is 4.74 Å². The molecular formula is C20H24N4O3S. The van der Waals surface area contributed by atoms with Gasteiger partial charge in [0.1, 0.15) is 5.69 Å². The predicted molar refractivity (Wildman–Crippen MR) is 107 cm³/mol. The highest BCUT2D eigenvalue weighted by Gasteiger charge is 2.35. The normalized spacial score (nSPS) is 27.1. The molecule has 4 fully saturated rings. The van der Waals surface area contributed by atoms with Gasteiger partial charge in [0, 0.05) is 42.6 Å². The zero-order valence-electron chi connectivity index (χ0n) is 15.7. The third-order valence-electron chi connectivity index (χ3n) is 6.20. The van der Waals surface area contributed by atoms with Crippen LogP contribution >= 0.6 is 11.3 Å². The molecule has 148 valence electrons. The number of aromatic nitrogens is 1. The van der Waals surface area contributed by atoms with Crippen LogP contribution < -0.4 is 5.32 Å². The SMILES string of the molecule is O=C(N[C@H]1CN2CCC1CC2)c1cc2c(C(=O)N3CCOCC3)csc2cn1. The predicted octanol–water partition coefficient (Wildman–Crippen LogP) is 1.59. The summed E-state index contributed by atoms with van der Waals surface area (Å²) in [7, 11) is 0. The standard InChI is InChI=1S/C20H24N4O3S/c25-19(22-17-11-23-3-1-13(17)2-4-23)16-9-14-15(12-28-18(14)10-21-16)20(26)24-5-7-27-8-6-24/h9-10,12-13,17H,1-8,11H2,(H,22,25)/t17-/m0/s1. The Labute approximate surface area is 167 Å². The number of morpholine rings is 1. The Morgan fingerprint density at radius 3 is 2.68 bits per heavy atom. The van der Waals surface area contributed by atoms with Gasteiger partial charge >= 0.3 is 0 Å². The van der Waals surface area contributed by atoms with Crippen LogP contribution in [0.2, 0.25) is 0 Å². The van der Waals surface area contributed by atoms with Gasteiger partial charge in [0.25, 0.3) is 11.8 Å². The summed E-state index contributed by atoms with van der Waals surface area (Å²) in [4.78, 5) is 34.3. The molecule has 1 atom stereocenters. The Balaban J connectivity index is 1.36. The van der Waals surface area contributed by atoms with Crippen molar-refractivity contribution in [1.29, 1.82) is 0 Å². The van der Waals surface area contributed by atoms with Gasteiger partial charge in [-0.1, -0.05) is 0 Å². The van der Waals surface area contributed by atoms with Crippen LogP contribution in [0.4, 0.5) is 0 Å². The van der Waals surface area contributed by atoms with Crippen LogP contribution in [-0.4, -0.2) is 78.6 Å². The smallest absolute Gasteiger partial charge is 0.270 e. The molecule has 4 saturated heterocycles. The number of piperidine rings is 3. The molecule has 4 aliphatic heterocycles. The van der Waals surface area contributed by atoms with Crippen molar-refractivity contribution in [2.75, 3.05) is 45.9 Å². The van der Waals surface area contributed by atoms with E-state index in [0.717, 1.165) is 42.6 Å². The third kappa shape index (κ3) is 3.29. The van der Waals surface area contributed by atoms with Crippen molar-refractivity contribution in [1.82, 2.24) is 20.1 Å². The number of amides is 2. The summed E-state index contributed by atoms with van der Waals surface area (Å²) in [6, 6.07) is 1.97. The van der Waals surface area contributed by atoms with Gasteiger partial charge in [0.15, 0.2) is 0 Å². The van der Waals surface area contributed by atoms with E-state index in [2.05, 4.69) is 15.2 Å². The van der Waals surface area contributed by atoms with E-state index in [1.807, 2.05) is 10.3 Å². The minimum Gasteiger partial charge on any atom is -0.378 e. The zero-order valence-corrected chi connectivity index (χ0v) is 16.5. The van der Waals surface area contributed by atoms with Crippen LogP contribution in [0.25, 0.3) is 10.1 Å². The van der Waals surface area contributed by atoms with Gasteiger partial charge in [-0.25, -0.2) is 4.98 Å². The number of nitrogens with zero attached hydrogens (tertiary/aromatic N) is 3. The summed E-state index contributed by atoms with van der Waals surface area (Å²) in [6.07, 6.45) is 4.02. The van der Waals surface area contributed by atoms with Gasteiger partial charge in [-0.3, -0.25) is 9.59 Å². The molecule has 8 heteroatoms. The molecule has 2 aromatic rings. The molecule has 0 unspecified atom stereocenters. The molecule has 6 heterocycles. The van der Waals surface area contributed by atoms with E-state index < -0.39 is 0 Å². The molecule has 0 saturated carbocycles. The average Bonchev–Trinajstić information content (AvgIpc) is 3.18. The first kappa shape index (κ1) is 18.0. The molecule has 2 bridgehead atoms. The number of thiophene rings is 1. The molecule has 0 aromatic carbocycles. The molecule has 4 aliphatic rings. The minimum atomic E-state index is -0.142. The fraction of sp³-hybridized carbons (Fsp3) is 0.550. The van der Waals surface area contributed by atoms with E-state index in [1.165, 1.54) is 11.3 Å². The lowest BCUT2D eigenvalue weighted by atomic mass is 9.84. The minimum absolute atomic E-state index is 0.00417. The van der Waals surface area contributed by atoms with Crippen LogP contribution in [0.1, 0.15) is 33.7 Å². The highest BCUT2D eigenvalue weighted by atomic mass is 32.1. The Hall–Kier alpha value is -2.03. The van der Waals surface area contributed by atoms with Crippen molar-refractivity contribution < 1.29 is 14.3 Å². The zero-order chi connectivity index (χ0) is 19.1. The van der Waals surface area contributed by atoms with Crippen molar-refractivity contribution in [2.45, 2.75) is 18.9 Å². The largest absolute Gasteiger partial charge is 0.378 e. The highest BCUT2D eigenvalue weighted by molar-refractivity contribution is 7.17. The lowest BCUT2D eigenvalue weighted by Crippen LogP contribution is -2.57. The lowest BCUT2D eigenvalue weighted by Gasteiger charge is -2.44. The molecule has 2 aromatic heterocycles. The Morgan fingerprint density at radius 2 is 1.96 bits per heavy atom.